The number of nitrogens with zero attached hydrogens (tertiary/aromatic N) is 1. The summed E-state index contributed by atoms with van der Waals surface area (Å²) in [7, 11) is 0. The second kappa shape index (κ2) is 5.23. The lowest BCUT2D eigenvalue weighted by molar-refractivity contribution is -0.0294. The van der Waals surface area contributed by atoms with Crippen molar-refractivity contribution in [3.63, 3.8) is 0 Å². The number of hydrogen-bond acceptors (Lipinski definition) is 3. The van der Waals surface area contributed by atoms with Gasteiger partial charge in [0.15, 0.2) is 0 Å². The van der Waals surface area contributed by atoms with E-state index in [0.717, 1.165) is 48.9 Å². The van der Waals surface area contributed by atoms with Crippen molar-refractivity contribution in [3.8, 4) is 0 Å². The number of piperidine rings is 3. The van der Waals surface area contributed by atoms with E-state index in [9.17, 15) is 13.6 Å². The molecule has 128 valence electrons. The Hall–Kier alpha value is -1.53. The van der Waals surface area contributed by atoms with Crippen molar-refractivity contribution in [2.75, 3.05) is 13.1 Å². The van der Waals surface area contributed by atoms with E-state index in [0.29, 0.717) is 20.9 Å². The minimum Gasteiger partial charge on any atom is -0.365 e. The topological polar surface area (TPSA) is 46.3 Å². The van der Waals surface area contributed by atoms with Gasteiger partial charge in [0.2, 0.25) is 0 Å². The van der Waals surface area contributed by atoms with Crippen molar-refractivity contribution in [3.05, 3.63) is 34.2 Å². The van der Waals surface area contributed by atoms with Crippen molar-refractivity contribution in [2.45, 2.75) is 38.1 Å². The van der Waals surface area contributed by atoms with Crippen LogP contribution in [0.15, 0.2) is 12.1 Å². The summed E-state index contributed by atoms with van der Waals surface area (Å²) >= 11 is 1.05. The second-order valence-corrected chi connectivity index (χ2v) is 8.45. The molecule has 24 heavy (non-hydrogen) atoms. The normalized spacial score (nSPS) is 28.4. The third-order valence-electron chi connectivity index (χ3n) is 5.87. The van der Waals surface area contributed by atoms with E-state index in [1.165, 1.54) is 6.07 Å². The van der Waals surface area contributed by atoms with Crippen LogP contribution < -0.4 is 5.73 Å². The second-order valence-electron chi connectivity index (χ2n) is 7.43. The Balaban J connectivity index is 2.02. The number of nitrogens with two attached hydrogens (primary N) is 1. The van der Waals surface area contributed by atoms with Gasteiger partial charge in [-0.2, -0.15) is 0 Å². The Morgan fingerprint density at radius 1 is 1.29 bits per heavy atom. The highest BCUT2D eigenvalue weighted by Crippen LogP contribution is 2.53. The van der Waals surface area contributed by atoms with Crippen molar-refractivity contribution in [2.24, 2.45) is 11.7 Å². The molecule has 1 atom stereocenters. The van der Waals surface area contributed by atoms with Crippen LogP contribution in [0.3, 0.4) is 0 Å². The first kappa shape index (κ1) is 16.0. The number of thiophene rings is 1. The van der Waals surface area contributed by atoms with Gasteiger partial charge in [-0.1, -0.05) is 0 Å². The van der Waals surface area contributed by atoms with Gasteiger partial charge in [0.1, 0.15) is 11.6 Å². The molecule has 1 aromatic heterocycles. The molecule has 5 rings (SSSR count). The highest BCUT2D eigenvalue weighted by molar-refractivity contribution is 7.21. The fourth-order valence-electron chi connectivity index (χ4n) is 4.81. The quantitative estimate of drug-likeness (QED) is 0.894. The van der Waals surface area contributed by atoms with Crippen LogP contribution in [0.5, 0.6) is 0 Å². The Morgan fingerprint density at radius 2 is 1.96 bits per heavy atom. The first-order chi connectivity index (χ1) is 11.3. The SMILES string of the molecule is CC1(C)C(c2c(C(N)=O)sc3c(F)cc(F)cc23)C2CCN1CC2. The Kier molecular flexibility index (Phi) is 3.48. The molecule has 0 radical (unpaired) electrons. The molecule has 1 unspecified atom stereocenters. The number of rotatable bonds is 2. The highest BCUT2D eigenvalue weighted by atomic mass is 32.1. The molecule has 1 aromatic carbocycles. The summed E-state index contributed by atoms with van der Waals surface area (Å²) < 4.78 is 28.5. The van der Waals surface area contributed by atoms with E-state index in [4.69, 9.17) is 5.73 Å². The predicted molar refractivity (Wildman–Crippen MR) is 91.4 cm³/mol. The van der Waals surface area contributed by atoms with Crippen LogP contribution in [-0.4, -0.2) is 29.4 Å². The maximum absolute atomic E-state index is 14.3. The molecule has 0 saturated carbocycles. The summed E-state index contributed by atoms with van der Waals surface area (Å²) in [5, 5.41) is 0.512. The van der Waals surface area contributed by atoms with Gasteiger partial charge >= 0.3 is 0 Å². The Bertz CT molecular complexity index is 837. The number of benzene rings is 1. The fourth-order valence-corrected chi connectivity index (χ4v) is 5.89. The maximum Gasteiger partial charge on any atom is 0.259 e. The van der Waals surface area contributed by atoms with Gasteiger partial charge in [-0.3, -0.25) is 9.69 Å². The molecule has 3 nitrogen and oxygen atoms in total. The lowest BCUT2D eigenvalue weighted by Crippen LogP contribution is -2.60. The van der Waals surface area contributed by atoms with Gasteiger partial charge in [-0.05, 0) is 57.3 Å². The minimum absolute atomic E-state index is 0.0532. The molecule has 2 N–H and O–H groups in total. The van der Waals surface area contributed by atoms with Gasteiger partial charge in [0, 0.05) is 22.9 Å². The van der Waals surface area contributed by atoms with Crippen molar-refractivity contribution < 1.29 is 13.6 Å². The molecule has 3 aliphatic heterocycles. The molecule has 0 spiro atoms. The number of carbonyl (C=O) groups excluding carboxylic acids is 1. The zero-order valence-corrected chi connectivity index (χ0v) is 14.6. The standard InChI is InChI=1S/C18H20F2N2OS/c1-18(2)14(9-3-5-22(18)6-4-9)13-11-7-10(19)8-12(20)15(11)24-16(13)17(21)23/h7-9,14H,3-6H2,1-2H3,(H2,21,23). The maximum atomic E-state index is 14.3. The molecular weight excluding hydrogens is 330 g/mol. The third kappa shape index (κ3) is 2.12. The molecule has 6 heteroatoms. The average Bonchev–Trinajstić information content (AvgIpc) is 2.87. The monoisotopic (exact) mass is 350 g/mol. The van der Waals surface area contributed by atoms with E-state index in [2.05, 4.69) is 18.7 Å². The third-order valence-corrected chi connectivity index (χ3v) is 7.11. The van der Waals surface area contributed by atoms with E-state index in [1.54, 1.807) is 0 Å². The molecule has 2 aromatic rings. The van der Waals surface area contributed by atoms with Crippen LogP contribution in [-0.2, 0) is 0 Å². The summed E-state index contributed by atoms with van der Waals surface area (Å²) in [6.07, 6.45) is 2.09. The number of fused-ring (bicyclic) bond motifs is 4. The molecule has 3 fully saturated rings. The van der Waals surface area contributed by atoms with Gasteiger partial charge in [-0.15, -0.1) is 11.3 Å². The average molecular weight is 350 g/mol. The van der Waals surface area contributed by atoms with Crippen LogP contribution in [0.1, 0.15) is 47.8 Å². The Morgan fingerprint density at radius 3 is 2.54 bits per heavy atom. The van der Waals surface area contributed by atoms with Crippen molar-refractivity contribution in [1.29, 1.82) is 0 Å². The van der Waals surface area contributed by atoms with E-state index in [-0.39, 0.29) is 11.5 Å². The van der Waals surface area contributed by atoms with Crippen LogP contribution >= 0.6 is 11.3 Å². The fraction of sp³-hybridized carbons (Fsp3) is 0.500. The van der Waals surface area contributed by atoms with Crippen molar-refractivity contribution in [1.82, 2.24) is 4.90 Å². The molecule has 1 amide bonds. The summed E-state index contributed by atoms with van der Waals surface area (Å²) in [6, 6.07) is 2.22. The van der Waals surface area contributed by atoms with E-state index >= 15 is 0 Å². The molecule has 3 aliphatic rings. The lowest BCUT2D eigenvalue weighted by Gasteiger charge is -2.57. The number of halogens is 2. The number of carbonyl (C=O) groups is 1. The van der Waals surface area contributed by atoms with Gasteiger partial charge in [0.05, 0.1) is 9.58 Å². The minimum atomic E-state index is -0.622. The van der Waals surface area contributed by atoms with Crippen LogP contribution in [0.2, 0.25) is 0 Å². The van der Waals surface area contributed by atoms with Crippen LogP contribution in [0.25, 0.3) is 10.1 Å². The highest BCUT2D eigenvalue weighted by Gasteiger charge is 2.50. The lowest BCUT2D eigenvalue weighted by atomic mass is 9.64. The van der Waals surface area contributed by atoms with E-state index < -0.39 is 17.5 Å². The van der Waals surface area contributed by atoms with Crippen LogP contribution in [0.4, 0.5) is 8.78 Å². The van der Waals surface area contributed by atoms with Crippen LogP contribution in [0, 0.1) is 17.6 Å². The zero-order valence-electron chi connectivity index (χ0n) is 13.7. The van der Waals surface area contributed by atoms with Crippen molar-refractivity contribution >= 4 is 27.3 Å². The summed E-state index contributed by atoms with van der Waals surface area (Å²) in [5.74, 6) is -1.33. The summed E-state index contributed by atoms with van der Waals surface area (Å²) in [6.45, 7) is 6.38. The molecular formula is C18H20F2N2OS. The smallest absolute Gasteiger partial charge is 0.259 e. The first-order valence-electron chi connectivity index (χ1n) is 8.27. The van der Waals surface area contributed by atoms with Gasteiger partial charge in [0.25, 0.3) is 5.91 Å². The molecule has 0 aliphatic carbocycles. The largest absolute Gasteiger partial charge is 0.365 e. The number of hydrogen-bond donors (Lipinski definition) is 1. The molecule has 2 bridgehead atoms. The van der Waals surface area contributed by atoms with Gasteiger partial charge in [-0.25, -0.2) is 8.78 Å². The summed E-state index contributed by atoms with van der Waals surface area (Å²) in [5.41, 5.74) is 6.19. The summed E-state index contributed by atoms with van der Waals surface area (Å²) in [4.78, 5) is 14.8. The molecule has 3 saturated heterocycles. The first-order valence-corrected chi connectivity index (χ1v) is 9.08. The molecule has 4 heterocycles. The Labute approximate surface area is 143 Å². The zero-order chi connectivity index (χ0) is 17.2. The van der Waals surface area contributed by atoms with E-state index in [1.807, 2.05) is 0 Å². The predicted octanol–water partition coefficient (Wildman–Crippen LogP) is 3.87. The number of amides is 1. The van der Waals surface area contributed by atoms with Gasteiger partial charge < -0.3 is 5.73 Å². The number of primary amides is 1.